The van der Waals surface area contributed by atoms with Gasteiger partial charge in [-0.15, -0.1) is 0 Å². The number of para-hydroxylation sites is 3. The molecule has 0 aliphatic heterocycles. The second-order valence-electron chi connectivity index (χ2n) is 22.8. The Bertz CT molecular complexity index is 3290. The molecule has 0 radical (unpaired) electrons. The first-order valence-electron chi connectivity index (χ1n) is 25.7. The van der Waals surface area contributed by atoms with Crippen LogP contribution in [0.4, 0.5) is 0 Å². The Morgan fingerprint density at radius 2 is 0.901 bits per heavy atom. The van der Waals surface area contributed by atoms with Gasteiger partial charge in [-0.05, 0) is 151 Å². The molecule has 0 spiro atoms. The van der Waals surface area contributed by atoms with Crippen molar-refractivity contribution in [2.24, 2.45) is 0 Å². The first-order valence-corrected chi connectivity index (χ1v) is 25.7. The van der Waals surface area contributed by atoms with Gasteiger partial charge in [0.05, 0.1) is 22.4 Å². The van der Waals surface area contributed by atoms with Crippen LogP contribution in [0, 0.1) is 0 Å². The van der Waals surface area contributed by atoms with E-state index in [1.54, 1.807) is 0 Å². The van der Waals surface area contributed by atoms with E-state index in [0.29, 0.717) is 11.8 Å². The molecule has 0 fully saturated rings. The van der Waals surface area contributed by atoms with Crippen molar-refractivity contribution in [3.63, 3.8) is 0 Å². The second kappa shape index (κ2) is 19.3. The lowest BCUT2D eigenvalue weighted by Crippen LogP contribution is -2.13. The number of hydrogen-bond donors (Lipinski definition) is 0. The molecule has 2 heterocycles. The predicted molar refractivity (Wildman–Crippen MR) is 300 cm³/mol. The third-order valence-electron chi connectivity index (χ3n) is 14.0. The van der Waals surface area contributed by atoms with Crippen molar-refractivity contribution in [3.05, 3.63) is 191 Å². The molecular formula is C66H72N4O. The molecule has 2 aromatic heterocycles. The van der Waals surface area contributed by atoms with E-state index in [4.69, 9.17) is 14.7 Å². The van der Waals surface area contributed by atoms with Crippen LogP contribution in [0.3, 0.4) is 0 Å². The summed E-state index contributed by atoms with van der Waals surface area (Å²) in [7, 11) is 0. The third kappa shape index (κ3) is 9.89. The molecule has 0 amide bonds. The smallest absolute Gasteiger partial charge is 0.145 e. The average molecular weight is 937 g/mol. The van der Waals surface area contributed by atoms with Crippen LogP contribution in [0.15, 0.2) is 158 Å². The predicted octanol–water partition coefficient (Wildman–Crippen LogP) is 18.8. The fourth-order valence-electron chi connectivity index (χ4n) is 9.98. The fourth-order valence-corrected chi connectivity index (χ4v) is 9.98. The Morgan fingerprint density at radius 3 is 1.42 bits per heavy atom. The van der Waals surface area contributed by atoms with Crippen molar-refractivity contribution in [1.29, 1.82) is 0 Å². The number of benzene rings is 7. The highest BCUT2D eigenvalue weighted by atomic mass is 16.5. The quantitative estimate of drug-likeness (QED) is 0.123. The SMILES string of the molecule is CC(C)c1cc(-c2ccc(-c3ccccc3)cc2)cc(C(C)C)c1-n1ccnc1-c1cc(Oc2cc(-c3nc4ccccc4n3-c3c(C(C)C)cccc3C(C)C)cc(C(C)(C)C)c2)cc(C(C)(C)C)c1. The van der Waals surface area contributed by atoms with E-state index in [-0.39, 0.29) is 22.7 Å². The van der Waals surface area contributed by atoms with Gasteiger partial charge in [0.1, 0.15) is 23.1 Å². The van der Waals surface area contributed by atoms with Crippen molar-refractivity contribution in [2.45, 2.75) is 131 Å². The number of fused-ring (bicyclic) bond motifs is 1. The van der Waals surface area contributed by atoms with E-state index in [1.807, 2.05) is 6.20 Å². The van der Waals surface area contributed by atoms with E-state index in [2.05, 4.69) is 258 Å². The molecule has 0 aliphatic rings. The summed E-state index contributed by atoms with van der Waals surface area (Å²) in [5, 5.41) is 0. The van der Waals surface area contributed by atoms with Gasteiger partial charge in [-0.3, -0.25) is 9.13 Å². The number of imidazole rings is 2. The molecule has 0 saturated carbocycles. The maximum Gasteiger partial charge on any atom is 0.145 e. The molecule has 9 aromatic rings. The maximum atomic E-state index is 7.19. The summed E-state index contributed by atoms with van der Waals surface area (Å²) >= 11 is 0. The summed E-state index contributed by atoms with van der Waals surface area (Å²) in [4.78, 5) is 10.6. The van der Waals surface area contributed by atoms with Gasteiger partial charge in [-0.2, -0.15) is 0 Å². The summed E-state index contributed by atoms with van der Waals surface area (Å²) in [6, 6.07) is 53.1. The molecule has 0 unspecified atom stereocenters. The zero-order chi connectivity index (χ0) is 50.5. The Hall–Kier alpha value is -6.98. The number of aromatic nitrogens is 4. The minimum Gasteiger partial charge on any atom is -0.457 e. The van der Waals surface area contributed by atoms with Crippen molar-refractivity contribution < 1.29 is 4.74 Å². The third-order valence-corrected chi connectivity index (χ3v) is 14.0. The van der Waals surface area contributed by atoms with E-state index in [9.17, 15) is 0 Å². The first kappa shape index (κ1) is 49.0. The largest absolute Gasteiger partial charge is 0.457 e. The number of ether oxygens (including phenoxy) is 1. The van der Waals surface area contributed by atoms with E-state index in [0.717, 1.165) is 45.3 Å². The summed E-state index contributed by atoms with van der Waals surface area (Å²) < 4.78 is 11.9. The lowest BCUT2D eigenvalue weighted by atomic mass is 9.85. The molecule has 9 rings (SSSR count). The lowest BCUT2D eigenvalue weighted by molar-refractivity contribution is 0.475. The first-order chi connectivity index (χ1) is 33.8. The molecule has 0 N–H and O–H groups in total. The van der Waals surface area contributed by atoms with Gasteiger partial charge in [0, 0.05) is 23.5 Å². The van der Waals surface area contributed by atoms with Crippen LogP contribution in [0.1, 0.15) is 154 Å². The van der Waals surface area contributed by atoms with Gasteiger partial charge in [-0.25, -0.2) is 9.97 Å². The molecule has 71 heavy (non-hydrogen) atoms. The summed E-state index contributed by atoms with van der Waals surface area (Å²) in [6.07, 6.45) is 4.08. The monoisotopic (exact) mass is 937 g/mol. The Morgan fingerprint density at radius 1 is 0.423 bits per heavy atom. The fraction of sp³-hybridized carbons (Fsp3) is 0.303. The molecule has 0 atom stereocenters. The minimum absolute atomic E-state index is 0.170. The minimum atomic E-state index is -0.170. The van der Waals surface area contributed by atoms with Crippen LogP contribution in [-0.4, -0.2) is 19.1 Å². The molecule has 5 nitrogen and oxygen atoms in total. The second-order valence-corrected chi connectivity index (χ2v) is 22.8. The summed E-state index contributed by atoms with van der Waals surface area (Å²) in [5.41, 5.74) is 18.5. The van der Waals surface area contributed by atoms with E-state index >= 15 is 0 Å². The molecule has 0 saturated heterocycles. The number of rotatable bonds is 12. The molecule has 0 bridgehead atoms. The normalized spacial score (nSPS) is 12.3. The molecular weight excluding hydrogens is 865 g/mol. The van der Waals surface area contributed by atoms with E-state index < -0.39 is 0 Å². The molecule has 0 aliphatic carbocycles. The average Bonchev–Trinajstić information content (AvgIpc) is 3.99. The van der Waals surface area contributed by atoms with Crippen LogP contribution in [0.25, 0.3) is 67.4 Å². The zero-order valence-electron chi connectivity index (χ0n) is 44.5. The van der Waals surface area contributed by atoms with Crippen LogP contribution >= 0.6 is 0 Å². The molecule has 362 valence electrons. The van der Waals surface area contributed by atoms with Crippen molar-refractivity contribution in [3.8, 4) is 67.9 Å². The Kier molecular flexibility index (Phi) is 13.3. The van der Waals surface area contributed by atoms with Crippen LogP contribution in [0.5, 0.6) is 11.5 Å². The van der Waals surface area contributed by atoms with Crippen molar-refractivity contribution in [2.75, 3.05) is 0 Å². The van der Waals surface area contributed by atoms with Crippen molar-refractivity contribution in [1.82, 2.24) is 19.1 Å². The van der Waals surface area contributed by atoms with E-state index in [1.165, 1.54) is 67.0 Å². The summed E-state index contributed by atoms with van der Waals surface area (Å²) in [5.74, 6) is 4.46. The van der Waals surface area contributed by atoms with Gasteiger partial charge in [-0.1, -0.05) is 182 Å². The Labute approximate surface area is 423 Å². The molecule has 7 aromatic carbocycles. The van der Waals surface area contributed by atoms with Crippen LogP contribution < -0.4 is 4.74 Å². The highest BCUT2D eigenvalue weighted by Crippen LogP contribution is 2.43. The number of nitrogens with zero attached hydrogens (tertiary/aromatic N) is 4. The van der Waals surface area contributed by atoms with Gasteiger partial charge in [0.25, 0.3) is 0 Å². The summed E-state index contributed by atoms with van der Waals surface area (Å²) in [6.45, 7) is 32.0. The van der Waals surface area contributed by atoms with Crippen molar-refractivity contribution >= 4 is 11.0 Å². The van der Waals surface area contributed by atoms with Gasteiger partial charge in [0.2, 0.25) is 0 Å². The van der Waals surface area contributed by atoms with Crippen LogP contribution in [-0.2, 0) is 10.8 Å². The van der Waals surface area contributed by atoms with Crippen LogP contribution in [0.2, 0.25) is 0 Å². The van der Waals surface area contributed by atoms with Gasteiger partial charge < -0.3 is 4.74 Å². The Balaban J connectivity index is 1.18. The zero-order valence-corrected chi connectivity index (χ0v) is 44.5. The highest BCUT2D eigenvalue weighted by molar-refractivity contribution is 5.85. The maximum absolute atomic E-state index is 7.19. The topological polar surface area (TPSA) is 44.9 Å². The lowest BCUT2D eigenvalue weighted by Gasteiger charge is -2.25. The van der Waals surface area contributed by atoms with Gasteiger partial charge in [0.15, 0.2) is 0 Å². The molecule has 5 heteroatoms. The standard InChI is InChI=1S/C66H72N4O/c1-41(2)55-23-20-24-56(42(3)4)62(55)70-60-26-19-18-25-59(60)68-64(70)50-34-52(66(12,13)14)40-54(36-50)71-53-35-49(33-51(39-53)65(9,10)11)63-67-31-32-69(63)61-57(43(5)6)37-48(38-58(61)44(7)8)47-29-27-46(28-30-47)45-21-16-15-17-22-45/h15-44H,1-14H3. The van der Waals surface area contributed by atoms with Gasteiger partial charge >= 0.3 is 0 Å². The number of hydrogen-bond acceptors (Lipinski definition) is 3. The highest BCUT2D eigenvalue weighted by Gasteiger charge is 2.27.